The average molecular weight is 538 g/mol. The molecule has 2 heterocycles. The van der Waals surface area contributed by atoms with Crippen LogP contribution in [0.5, 0.6) is 0 Å². The van der Waals surface area contributed by atoms with Gasteiger partial charge in [-0.3, -0.25) is 10.2 Å². The highest BCUT2D eigenvalue weighted by atomic mass is 16.6. The van der Waals surface area contributed by atoms with Crippen molar-refractivity contribution in [1.29, 1.82) is 0 Å². The number of fused-ring (bicyclic) bond motifs is 3. The van der Waals surface area contributed by atoms with Gasteiger partial charge in [-0.15, -0.1) is 0 Å². The molecule has 0 spiro atoms. The van der Waals surface area contributed by atoms with Gasteiger partial charge in [-0.25, -0.2) is 9.59 Å². The number of para-hydroxylation sites is 1. The van der Waals surface area contributed by atoms with Gasteiger partial charge in [0.05, 0.1) is 6.04 Å². The van der Waals surface area contributed by atoms with E-state index in [4.69, 9.17) is 9.47 Å². The summed E-state index contributed by atoms with van der Waals surface area (Å²) in [5.74, 6) is -0.274. The van der Waals surface area contributed by atoms with Crippen molar-refractivity contribution in [3.05, 3.63) is 107 Å². The molecule has 3 aromatic carbocycles. The molecule has 2 N–H and O–H groups in total. The van der Waals surface area contributed by atoms with E-state index in [9.17, 15) is 9.59 Å². The fourth-order valence-electron chi connectivity index (χ4n) is 6.00. The minimum Gasteiger partial charge on any atom is -0.461 e. The Balaban J connectivity index is 1.26. The van der Waals surface area contributed by atoms with E-state index in [1.165, 1.54) is 10.9 Å². The Morgan fingerprint density at radius 2 is 1.62 bits per heavy atom. The van der Waals surface area contributed by atoms with Crippen molar-refractivity contribution >= 4 is 23.0 Å². The molecule has 6 rings (SSSR count). The number of aromatic amines is 1. The van der Waals surface area contributed by atoms with Gasteiger partial charge in [0, 0.05) is 29.7 Å². The van der Waals surface area contributed by atoms with Crippen LogP contribution < -0.4 is 5.32 Å². The maximum Gasteiger partial charge on any atom is 0.410 e. The van der Waals surface area contributed by atoms with Gasteiger partial charge in [0.2, 0.25) is 0 Å². The molecule has 1 amide bonds. The van der Waals surface area contributed by atoms with Crippen molar-refractivity contribution in [2.75, 3.05) is 13.1 Å². The largest absolute Gasteiger partial charge is 0.461 e. The van der Waals surface area contributed by atoms with Gasteiger partial charge in [0.25, 0.3) is 0 Å². The Morgan fingerprint density at radius 3 is 2.40 bits per heavy atom. The smallest absolute Gasteiger partial charge is 0.410 e. The number of ether oxygens (including phenoxy) is 2. The maximum absolute atomic E-state index is 13.5. The molecule has 7 heteroatoms. The Labute approximate surface area is 234 Å². The zero-order valence-corrected chi connectivity index (χ0v) is 22.6. The molecule has 1 unspecified atom stereocenters. The second kappa shape index (κ2) is 12.0. The van der Waals surface area contributed by atoms with E-state index in [-0.39, 0.29) is 30.8 Å². The van der Waals surface area contributed by atoms with Gasteiger partial charge < -0.3 is 14.5 Å². The van der Waals surface area contributed by atoms with E-state index in [0.29, 0.717) is 13.1 Å². The van der Waals surface area contributed by atoms with Gasteiger partial charge in [-0.05, 0) is 54.9 Å². The van der Waals surface area contributed by atoms with Crippen LogP contribution in [0.4, 0.5) is 4.79 Å². The van der Waals surface area contributed by atoms with Crippen molar-refractivity contribution in [2.45, 2.75) is 56.9 Å². The van der Waals surface area contributed by atoms with Gasteiger partial charge >= 0.3 is 12.1 Å². The van der Waals surface area contributed by atoms with Gasteiger partial charge in [0.1, 0.15) is 18.8 Å². The second-order valence-electron chi connectivity index (χ2n) is 10.7. The molecule has 1 aliphatic carbocycles. The Morgan fingerprint density at radius 1 is 0.925 bits per heavy atom. The maximum atomic E-state index is 13.5. The first-order valence-electron chi connectivity index (χ1n) is 14.2. The summed E-state index contributed by atoms with van der Waals surface area (Å²) >= 11 is 0. The van der Waals surface area contributed by atoms with E-state index in [1.54, 1.807) is 4.90 Å². The van der Waals surface area contributed by atoms with Crippen molar-refractivity contribution in [3.63, 3.8) is 0 Å². The van der Waals surface area contributed by atoms with E-state index in [2.05, 4.69) is 22.4 Å². The summed E-state index contributed by atoms with van der Waals surface area (Å²) in [6, 6.07) is 26.6. The zero-order chi connectivity index (χ0) is 27.3. The molecule has 1 aliphatic heterocycles. The van der Waals surface area contributed by atoms with Crippen molar-refractivity contribution in [1.82, 2.24) is 15.2 Å². The summed E-state index contributed by atoms with van der Waals surface area (Å²) in [4.78, 5) is 32.2. The van der Waals surface area contributed by atoms with Crippen LogP contribution in [0.15, 0.2) is 84.9 Å². The van der Waals surface area contributed by atoms with Crippen LogP contribution in [0, 0.1) is 0 Å². The molecule has 2 aliphatic rings. The monoisotopic (exact) mass is 537 g/mol. The molecule has 0 radical (unpaired) electrons. The van der Waals surface area contributed by atoms with E-state index >= 15 is 0 Å². The van der Waals surface area contributed by atoms with E-state index in [1.807, 2.05) is 72.8 Å². The fraction of sp³-hybridized carbons (Fsp3) is 0.333. The number of aromatic nitrogens is 1. The topological polar surface area (TPSA) is 83.7 Å². The first kappa shape index (κ1) is 26.1. The fourth-order valence-corrected chi connectivity index (χ4v) is 6.00. The number of benzene rings is 3. The number of H-pyrrole nitrogens is 1. The van der Waals surface area contributed by atoms with Crippen LogP contribution in [0.25, 0.3) is 10.9 Å². The summed E-state index contributed by atoms with van der Waals surface area (Å²) in [6.07, 6.45) is 4.33. The third-order valence-corrected chi connectivity index (χ3v) is 8.07. The van der Waals surface area contributed by atoms with Crippen molar-refractivity contribution in [3.8, 4) is 0 Å². The van der Waals surface area contributed by atoms with Crippen LogP contribution in [0.2, 0.25) is 0 Å². The molecular formula is C33H35N3O4. The molecule has 40 heavy (non-hydrogen) atoms. The predicted molar refractivity (Wildman–Crippen MR) is 154 cm³/mol. The summed E-state index contributed by atoms with van der Waals surface area (Å²) < 4.78 is 11.7. The highest BCUT2D eigenvalue weighted by Crippen LogP contribution is 2.35. The number of esters is 1. The van der Waals surface area contributed by atoms with Crippen LogP contribution in [0.3, 0.4) is 0 Å². The summed E-state index contributed by atoms with van der Waals surface area (Å²) in [6.45, 7) is 1.09. The van der Waals surface area contributed by atoms with E-state index in [0.717, 1.165) is 54.4 Å². The number of nitrogens with zero attached hydrogens (tertiary/aromatic N) is 1. The SMILES string of the molecule is O=C(OC1CCCC1)[C@@H](NCC1c2[nH]c3ccccc3c2CCN1C(=O)OCc1ccccc1)c1ccccc1. The van der Waals surface area contributed by atoms with Gasteiger partial charge in [-0.1, -0.05) is 78.9 Å². The number of hydrogen-bond donors (Lipinski definition) is 2. The Kier molecular flexibility index (Phi) is 7.82. The van der Waals surface area contributed by atoms with Crippen LogP contribution >= 0.6 is 0 Å². The number of nitrogens with one attached hydrogen (secondary N) is 2. The molecule has 0 bridgehead atoms. The number of carbonyl (C=O) groups is 2. The summed E-state index contributed by atoms with van der Waals surface area (Å²) in [5, 5.41) is 4.65. The standard InChI is InChI=1S/C33H35N3O4/c37-32(40-25-15-7-8-16-25)30(24-13-5-2-6-14-24)34-21-29-31-27(26-17-9-10-18-28(26)35-31)19-20-36(29)33(38)39-22-23-11-3-1-4-12-23/h1-6,9-14,17-18,25,29-30,34-35H,7-8,15-16,19-22H2/t29?,30-/m0/s1. The minimum atomic E-state index is -0.640. The molecular weight excluding hydrogens is 502 g/mol. The lowest BCUT2D eigenvalue weighted by molar-refractivity contribution is -0.151. The van der Waals surface area contributed by atoms with Gasteiger partial charge in [-0.2, -0.15) is 0 Å². The molecule has 1 fully saturated rings. The number of hydrogen-bond acceptors (Lipinski definition) is 5. The highest BCUT2D eigenvalue weighted by Gasteiger charge is 2.36. The van der Waals surface area contributed by atoms with Crippen molar-refractivity contribution < 1.29 is 19.1 Å². The number of carbonyl (C=O) groups excluding carboxylic acids is 2. The second-order valence-corrected chi connectivity index (χ2v) is 10.7. The average Bonchev–Trinajstić information content (AvgIpc) is 3.65. The minimum absolute atomic E-state index is 0.0278. The molecule has 4 aromatic rings. The quantitative estimate of drug-likeness (QED) is 0.261. The molecule has 0 saturated heterocycles. The highest BCUT2D eigenvalue weighted by molar-refractivity contribution is 5.85. The molecule has 1 saturated carbocycles. The Bertz CT molecular complexity index is 1450. The van der Waals surface area contributed by atoms with Gasteiger partial charge in [0.15, 0.2) is 0 Å². The molecule has 7 nitrogen and oxygen atoms in total. The summed E-state index contributed by atoms with van der Waals surface area (Å²) in [7, 11) is 0. The molecule has 206 valence electrons. The lowest BCUT2D eigenvalue weighted by Crippen LogP contribution is -2.46. The molecule has 1 aromatic heterocycles. The predicted octanol–water partition coefficient (Wildman–Crippen LogP) is 6.22. The van der Waals surface area contributed by atoms with Crippen LogP contribution in [-0.4, -0.2) is 41.1 Å². The van der Waals surface area contributed by atoms with Crippen LogP contribution in [0.1, 0.15) is 60.2 Å². The first-order chi connectivity index (χ1) is 19.7. The summed E-state index contributed by atoms with van der Waals surface area (Å²) in [5.41, 5.74) is 5.01. The lowest BCUT2D eigenvalue weighted by Gasteiger charge is -2.36. The normalized spacial score (nSPS) is 17.9. The lowest BCUT2D eigenvalue weighted by atomic mass is 9.97. The molecule has 2 atom stereocenters. The Hall–Kier alpha value is -4.10. The third kappa shape index (κ3) is 5.61. The van der Waals surface area contributed by atoms with Crippen LogP contribution in [-0.2, 0) is 27.3 Å². The van der Waals surface area contributed by atoms with Crippen molar-refractivity contribution in [2.24, 2.45) is 0 Å². The van der Waals surface area contributed by atoms with E-state index < -0.39 is 6.04 Å². The number of amides is 1. The zero-order valence-electron chi connectivity index (χ0n) is 22.6. The number of rotatable bonds is 8. The third-order valence-electron chi connectivity index (χ3n) is 8.07. The first-order valence-corrected chi connectivity index (χ1v) is 14.2.